The van der Waals surface area contributed by atoms with Crippen LogP contribution >= 0.6 is 10.2 Å². The fourth-order valence-electron chi connectivity index (χ4n) is 2.02. The second kappa shape index (κ2) is 9.13. The Balaban J connectivity index is 1.57. The van der Waals surface area contributed by atoms with E-state index < -0.39 is 0 Å². The van der Waals surface area contributed by atoms with Gasteiger partial charge in [0.2, 0.25) is 0 Å². The molecule has 2 rings (SSSR count). The third kappa shape index (κ3) is 6.55. The standard InChI is InChI=1S/C15H20N2O2SSe/c18-13-7-5-12(6-8-13)11-16-17-15(19)4-2-1-3-14-9-10-20-21-14/h5-8,11,14,18H,1-4,9-10H2,(H,17,19)/b16-11+. The van der Waals surface area contributed by atoms with Crippen molar-refractivity contribution in [2.75, 3.05) is 5.75 Å². The minimum atomic E-state index is -0.0312. The molecule has 1 aliphatic rings. The summed E-state index contributed by atoms with van der Waals surface area (Å²) in [5, 5.41) is 13.1. The molecule has 6 heteroatoms. The third-order valence-corrected chi connectivity index (χ3v) is 8.62. The normalized spacial score (nSPS) is 18.2. The van der Waals surface area contributed by atoms with Gasteiger partial charge in [-0.15, -0.1) is 0 Å². The van der Waals surface area contributed by atoms with E-state index in [1.807, 2.05) is 0 Å². The zero-order valence-electron chi connectivity index (χ0n) is 11.8. The van der Waals surface area contributed by atoms with Gasteiger partial charge in [0.05, 0.1) is 0 Å². The molecular formula is C15H20N2O2SSe. The number of rotatable bonds is 7. The van der Waals surface area contributed by atoms with Gasteiger partial charge < -0.3 is 5.11 Å². The number of hydrogen-bond donors (Lipinski definition) is 2. The average molecular weight is 371 g/mol. The molecule has 0 saturated carbocycles. The molecule has 0 spiro atoms. The van der Waals surface area contributed by atoms with Gasteiger partial charge in [0.1, 0.15) is 5.75 Å². The number of carbonyl (C=O) groups excluding carboxylic acids is 1. The first kappa shape index (κ1) is 16.4. The van der Waals surface area contributed by atoms with Crippen LogP contribution in [-0.2, 0) is 4.79 Å². The Hall–Kier alpha value is -0.971. The molecule has 1 aromatic rings. The number of aromatic hydroxyl groups is 1. The molecule has 2 N–H and O–H groups in total. The van der Waals surface area contributed by atoms with Crippen LogP contribution in [0.25, 0.3) is 0 Å². The van der Waals surface area contributed by atoms with Gasteiger partial charge in [-0.05, 0) is 0 Å². The summed E-state index contributed by atoms with van der Waals surface area (Å²) < 4.78 is 0. The number of phenolic OH excluding ortho intramolecular Hbond substituents is 1. The van der Waals surface area contributed by atoms with E-state index >= 15 is 0 Å². The number of unbranched alkanes of at least 4 members (excludes halogenated alkanes) is 1. The van der Waals surface area contributed by atoms with Crippen molar-refractivity contribution in [1.82, 2.24) is 5.43 Å². The molecule has 1 atom stereocenters. The fourth-order valence-corrected chi connectivity index (χ4v) is 7.45. The number of benzene rings is 1. The summed E-state index contributed by atoms with van der Waals surface area (Å²) in [6.07, 6.45) is 6.85. The van der Waals surface area contributed by atoms with Gasteiger partial charge in [0.25, 0.3) is 0 Å². The van der Waals surface area contributed by atoms with Crippen LogP contribution in [0.1, 0.15) is 37.7 Å². The minimum absolute atomic E-state index is 0.0312. The summed E-state index contributed by atoms with van der Waals surface area (Å²) in [5.41, 5.74) is 3.38. The van der Waals surface area contributed by atoms with Gasteiger partial charge in [0, 0.05) is 0 Å². The molecule has 1 fully saturated rings. The van der Waals surface area contributed by atoms with Gasteiger partial charge >= 0.3 is 124 Å². The summed E-state index contributed by atoms with van der Waals surface area (Å²) in [6.45, 7) is 0. The van der Waals surface area contributed by atoms with E-state index in [2.05, 4.69) is 20.7 Å². The van der Waals surface area contributed by atoms with Crippen LogP contribution in [0.2, 0.25) is 4.82 Å². The molecule has 1 heterocycles. The zero-order chi connectivity index (χ0) is 14.9. The maximum atomic E-state index is 11.6. The molecule has 114 valence electrons. The molecule has 1 unspecified atom stereocenters. The number of amides is 1. The van der Waals surface area contributed by atoms with Gasteiger partial charge in [-0.25, -0.2) is 0 Å². The van der Waals surface area contributed by atoms with E-state index in [1.54, 1.807) is 30.5 Å². The van der Waals surface area contributed by atoms with E-state index in [0.29, 0.717) is 6.42 Å². The van der Waals surface area contributed by atoms with Crippen molar-refractivity contribution < 1.29 is 9.90 Å². The predicted octanol–water partition coefficient (Wildman–Crippen LogP) is 2.95. The third-order valence-electron chi connectivity index (χ3n) is 3.20. The van der Waals surface area contributed by atoms with Crippen molar-refractivity contribution >= 4 is 36.1 Å². The average Bonchev–Trinajstić information content (AvgIpc) is 2.99. The predicted molar refractivity (Wildman–Crippen MR) is 88.9 cm³/mol. The Morgan fingerprint density at radius 2 is 2.24 bits per heavy atom. The zero-order valence-corrected chi connectivity index (χ0v) is 14.4. The van der Waals surface area contributed by atoms with Gasteiger partial charge in [-0.1, -0.05) is 0 Å². The second-order valence-electron chi connectivity index (χ2n) is 4.96. The molecule has 4 nitrogen and oxygen atoms in total. The summed E-state index contributed by atoms with van der Waals surface area (Å²) in [4.78, 5) is 12.5. The monoisotopic (exact) mass is 372 g/mol. The van der Waals surface area contributed by atoms with Crippen molar-refractivity contribution in [2.24, 2.45) is 5.10 Å². The Bertz CT molecular complexity index is 473. The van der Waals surface area contributed by atoms with Crippen molar-refractivity contribution in [3.05, 3.63) is 29.8 Å². The number of phenols is 1. The van der Waals surface area contributed by atoms with Crippen molar-refractivity contribution in [1.29, 1.82) is 0 Å². The Morgan fingerprint density at radius 1 is 1.43 bits per heavy atom. The van der Waals surface area contributed by atoms with Crippen LogP contribution in [0, 0.1) is 0 Å². The van der Waals surface area contributed by atoms with Crippen LogP contribution in [0.5, 0.6) is 5.75 Å². The molecular weight excluding hydrogens is 351 g/mol. The summed E-state index contributed by atoms with van der Waals surface area (Å²) >= 11 is 0.774. The molecule has 1 aromatic carbocycles. The van der Waals surface area contributed by atoms with Gasteiger partial charge in [-0.3, -0.25) is 0 Å². The molecule has 0 aromatic heterocycles. The number of nitrogens with zero attached hydrogens (tertiary/aromatic N) is 1. The first-order valence-corrected chi connectivity index (χ1v) is 11.1. The quantitative estimate of drug-likeness (QED) is 0.335. The van der Waals surface area contributed by atoms with Crippen LogP contribution < -0.4 is 5.43 Å². The van der Waals surface area contributed by atoms with E-state index in [9.17, 15) is 4.79 Å². The van der Waals surface area contributed by atoms with Crippen molar-refractivity contribution in [2.45, 2.75) is 36.9 Å². The van der Waals surface area contributed by atoms with E-state index in [1.165, 1.54) is 18.6 Å². The van der Waals surface area contributed by atoms with Crippen LogP contribution in [0.3, 0.4) is 0 Å². The summed E-state index contributed by atoms with van der Waals surface area (Å²) in [7, 11) is 2.10. The topological polar surface area (TPSA) is 61.7 Å². The Morgan fingerprint density at radius 3 is 2.95 bits per heavy atom. The molecule has 21 heavy (non-hydrogen) atoms. The molecule has 0 radical (unpaired) electrons. The van der Waals surface area contributed by atoms with Crippen molar-refractivity contribution in [3.63, 3.8) is 0 Å². The summed E-state index contributed by atoms with van der Waals surface area (Å²) in [6, 6.07) is 6.66. The van der Waals surface area contributed by atoms with Gasteiger partial charge in [0.15, 0.2) is 0 Å². The molecule has 0 bridgehead atoms. The SMILES string of the molecule is O=C(CCCCC1CCS[Se]1)N/N=C/c1ccc(O)cc1. The van der Waals surface area contributed by atoms with Crippen LogP contribution in [0.15, 0.2) is 29.4 Å². The number of carbonyl (C=O) groups is 1. The van der Waals surface area contributed by atoms with Crippen LogP contribution in [0.4, 0.5) is 0 Å². The van der Waals surface area contributed by atoms with Gasteiger partial charge in [-0.2, -0.15) is 0 Å². The molecule has 1 amide bonds. The number of hydrazone groups is 1. The summed E-state index contributed by atoms with van der Waals surface area (Å²) in [5.74, 6) is 1.52. The fraction of sp³-hybridized carbons (Fsp3) is 0.467. The molecule has 0 aliphatic carbocycles. The number of hydrogen-bond acceptors (Lipinski definition) is 4. The first-order chi connectivity index (χ1) is 10.2. The molecule has 1 aliphatic heterocycles. The first-order valence-electron chi connectivity index (χ1n) is 7.13. The van der Waals surface area contributed by atoms with E-state index in [-0.39, 0.29) is 11.7 Å². The van der Waals surface area contributed by atoms with Crippen molar-refractivity contribution in [3.8, 4) is 5.75 Å². The van der Waals surface area contributed by atoms with E-state index in [0.717, 1.165) is 37.1 Å². The second-order valence-corrected chi connectivity index (χ2v) is 9.89. The molecule has 1 saturated heterocycles. The number of nitrogens with one attached hydrogen (secondary N) is 1. The Kier molecular flexibility index (Phi) is 7.13. The Labute approximate surface area is 135 Å². The van der Waals surface area contributed by atoms with E-state index in [4.69, 9.17) is 5.11 Å². The maximum absolute atomic E-state index is 11.6. The van der Waals surface area contributed by atoms with Crippen LogP contribution in [-0.4, -0.2) is 36.8 Å².